The number of ether oxygens (including phenoxy) is 1. The van der Waals surface area contributed by atoms with Crippen molar-refractivity contribution in [3.05, 3.63) is 70.0 Å². The molecule has 0 fully saturated rings. The molecule has 0 saturated carbocycles. The minimum Gasteiger partial charge on any atom is -0.481 e. The molecule has 48 heavy (non-hydrogen) atoms. The molecule has 1 unspecified atom stereocenters. The van der Waals surface area contributed by atoms with Crippen LogP contribution in [0.3, 0.4) is 0 Å². The van der Waals surface area contributed by atoms with Crippen LogP contribution < -0.4 is 10.1 Å². The van der Waals surface area contributed by atoms with E-state index < -0.39 is 34.9 Å². The fourth-order valence-electron chi connectivity index (χ4n) is 5.02. The van der Waals surface area contributed by atoms with Crippen LogP contribution in [-0.4, -0.2) is 56.2 Å². The number of carboxylic acid groups (broad SMARTS) is 2. The number of benzene rings is 1. The summed E-state index contributed by atoms with van der Waals surface area (Å²) in [6.45, 7) is 8.65. The highest BCUT2D eigenvalue weighted by Gasteiger charge is 2.38. The van der Waals surface area contributed by atoms with Gasteiger partial charge in [-0.1, -0.05) is 24.3 Å². The van der Waals surface area contributed by atoms with E-state index in [1.54, 1.807) is 11.7 Å². The molecule has 0 bridgehead atoms. The number of alkyl halides is 3. The third-order valence-electron chi connectivity index (χ3n) is 8.00. The molecule has 0 radical (unpaired) electrons. The van der Waals surface area contributed by atoms with E-state index in [1.807, 2.05) is 58.0 Å². The highest BCUT2D eigenvalue weighted by atomic mass is 19.4. The molecule has 14 heteroatoms. The number of nitrogens with one attached hydrogen (secondary N) is 1. The van der Waals surface area contributed by atoms with Crippen molar-refractivity contribution in [2.75, 3.05) is 18.5 Å². The first-order chi connectivity index (χ1) is 22.4. The number of pyridine rings is 1. The summed E-state index contributed by atoms with van der Waals surface area (Å²) in [6, 6.07) is 16.4. The van der Waals surface area contributed by atoms with Crippen molar-refractivity contribution in [2.24, 2.45) is 7.05 Å². The van der Waals surface area contributed by atoms with E-state index in [0.29, 0.717) is 31.0 Å². The average molecular weight is 669 g/mol. The lowest BCUT2D eigenvalue weighted by Gasteiger charge is -2.25. The number of anilines is 1. The lowest BCUT2D eigenvalue weighted by atomic mass is 9.77. The van der Waals surface area contributed by atoms with Crippen LogP contribution in [0.2, 0.25) is 0 Å². The second kappa shape index (κ2) is 15.2. The van der Waals surface area contributed by atoms with Crippen molar-refractivity contribution < 1.29 is 37.7 Å². The number of nitriles is 2. The van der Waals surface area contributed by atoms with Crippen LogP contribution >= 0.6 is 0 Å². The summed E-state index contributed by atoms with van der Waals surface area (Å²) in [4.78, 5) is 25.5. The molecule has 11 nitrogen and oxygen atoms in total. The van der Waals surface area contributed by atoms with Gasteiger partial charge in [-0.25, -0.2) is 14.5 Å². The summed E-state index contributed by atoms with van der Waals surface area (Å²) in [7, 11) is 1.80. The number of carboxylic acids is 2. The van der Waals surface area contributed by atoms with Crippen LogP contribution in [0.4, 0.5) is 19.0 Å². The van der Waals surface area contributed by atoms with Crippen LogP contribution in [0.5, 0.6) is 5.88 Å². The molecule has 4 rings (SSSR count). The Morgan fingerprint density at radius 2 is 1.62 bits per heavy atom. The molecule has 3 heterocycles. The van der Waals surface area contributed by atoms with Gasteiger partial charge in [-0.05, 0) is 81.2 Å². The van der Waals surface area contributed by atoms with Crippen molar-refractivity contribution in [2.45, 2.75) is 82.7 Å². The van der Waals surface area contributed by atoms with Gasteiger partial charge in [0.15, 0.2) is 0 Å². The zero-order valence-electron chi connectivity index (χ0n) is 27.5. The van der Waals surface area contributed by atoms with E-state index in [4.69, 9.17) is 19.6 Å². The first-order valence-corrected chi connectivity index (χ1v) is 15.2. The summed E-state index contributed by atoms with van der Waals surface area (Å²) in [6.07, 6.45) is -2.02. The zero-order chi connectivity index (χ0) is 35.9. The van der Waals surface area contributed by atoms with Gasteiger partial charge in [-0.3, -0.25) is 4.79 Å². The Balaban J connectivity index is 0.000000804. The Hall–Kier alpha value is -5.11. The van der Waals surface area contributed by atoms with Gasteiger partial charge in [0, 0.05) is 31.8 Å². The van der Waals surface area contributed by atoms with Gasteiger partial charge in [0.2, 0.25) is 5.88 Å². The monoisotopic (exact) mass is 668 g/mol. The lowest BCUT2D eigenvalue weighted by Crippen LogP contribution is -2.21. The van der Waals surface area contributed by atoms with Crippen molar-refractivity contribution in [3.63, 3.8) is 0 Å². The number of aromatic nitrogens is 3. The number of aryl methyl sites for hydroxylation is 2. The molecular formula is C34H39F3N6O5. The van der Waals surface area contributed by atoms with E-state index in [2.05, 4.69) is 28.6 Å². The van der Waals surface area contributed by atoms with Crippen LogP contribution in [-0.2, 0) is 46.7 Å². The number of nitrogens with zero attached hydrogens (tertiary/aromatic N) is 5. The molecule has 0 spiro atoms. The van der Waals surface area contributed by atoms with Gasteiger partial charge in [0.05, 0.1) is 41.7 Å². The van der Waals surface area contributed by atoms with Crippen LogP contribution in [0, 0.1) is 22.7 Å². The fraction of sp³-hybridized carbons (Fsp3) is 0.471. The summed E-state index contributed by atoms with van der Waals surface area (Å²) in [5.74, 6) is -2.54. The Bertz CT molecular complexity index is 1670. The van der Waals surface area contributed by atoms with E-state index in [9.17, 15) is 33.6 Å². The topological polar surface area (TPSA) is 174 Å². The zero-order valence-corrected chi connectivity index (χ0v) is 27.5. The number of aliphatic carboxylic acids is 2. The normalized spacial score (nSPS) is 13.5. The summed E-state index contributed by atoms with van der Waals surface area (Å²) >= 11 is 0. The second-order valence-electron chi connectivity index (χ2n) is 12.7. The molecule has 256 valence electrons. The summed E-state index contributed by atoms with van der Waals surface area (Å²) in [5, 5.41) is 44.4. The highest BCUT2D eigenvalue weighted by molar-refractivity contribution is 5.73. The van der Waals surface area contributed by atoms with Gasteiger partial charge >= 0.3 is 18.1 Å². The molecule has 2 aromatic heterocycles. The number of carbonyl (C=O) groups is 2. The van der Waals surface area contributed by atoms with E-state index in [1.165, 1.54) is 5.56 Å². The van der Waals surface area contributed by atoms with Crippen molar-refractivity contribution in [1.82, 2.24) is 14.8 Å². The maximum atomic E-state index is 11.9. The van der Waals surface area contributed by atoms with Gasteiger partial charge in [-0.2, -0.15) is 28.8 Å². The minimum atomic E-state index is -5.08. The Morgan fingerprint density at radius 3 is 2.17 bits per heavy atom. The van der Waals surface area contributed by atoms with E-state index in [-0.39, 0.29) is 6.42 Å². The van der Waals surface area contributed by atoms with Gasteiger partial charge in [0.25, 0.3) is 0 Å². The fourth-order valence-corrected chi connectivity index (χ4v) is 5.02. The van der Waals surface area contributed by atoms with Crippen molar-refractivity contribution >= 4 is 17.8 Å². The lowest BCUT2D eigenvalue weighted by molar-refractivity contribution is -0.192. The molecular weight excluding hydrogens is 629 g/mol. The predicted molar refractivity (Wildman–Crippen MR) is 170 cm³/mol. The molecule has 1 aliphatic rings. The third kappa shape index (κ3) is 9.94. The molecule has 1 aromatic carbocycles. The maximum absolute atomic E-state index is 11.9. The van der Waals surface area contributed by atoms with Crippen molar-refractivity contribution in [3.8, 4) is 18.0 Å². The average Bonchev–Trinajstić information content (AvgIpc) is 3.38. The highest BCUT2D eigenvalue weighted by Crippen LogP contribution is 2.35. The molecule has 0 aliphatic carbocycles. The van der Waals surface area contributed by atoms with Gasteiger partial charge < -0.3 is 20.3 Å². The number of hydrogen-bond acceptors (Lipinski definition) is 8. The molecule has 1 atom stereocenters. The Labute approximate surface area is 277 Å². The van der Waals surface area contributed by atoms with E-state index in [0.717, 1.165) is 47.6 Å². The Morgan fingerprint density at radius 1 is 1.02 bits per heavy atom. The SMILES string of the molecule is Cn1nc(CC(CC(=O)O)c2cc(C(C)(C)C#N)cc(C(C)(C)C#N)c2)cc1OCCc1ccc2c(n1)NCCC2.O=C(O)C(F)(F)F. The Kier molecular flexibility index (Phi) is 11.8. The predicted octanol–water partition coefficient (Wildman–Crippen LogP) is 5.83. The van der Waals surface area contributed by atoms with Gasteiger partial charge in [-0.15, -0.1) is 0 Å². The third-order valence-corrected chi connectivity index (χ3v) is 8.00. The number of fused-ring (bicyclic) bond motifs is 1. The van der Waals surface area contributed by atoms with Crippen molar-refractivity contribution in [1.29, 1.82) is 10.5 Å². The largest absolute Gasteiger partial charge is 0.490 e. The maximum Gasteiger partial charge on any atom is 0.490 e. The molecule has 0 amide bonds. The van der Waals surface area contributed by atoms with Gasteiger partial charge in [0.1, 0.15) is 5.82 Å². The van der Waals surface area contributed by atoms with E-state index >= 15 is 0 Å². The smallest absolute Gasteiger partial charge is 0.481 e. The standard InChI is InChI=1S/C32H38N6O3.C2HF3O2/c1-31(2,19-33)24-13-22(14-25(17-24)32(3,4)20-34)23(16-29(39)40)15-27-18-28(38(5)37-27)41-12-10-26-9-8-21-7-6-11-35-30(21)36-26;3-2(4,5)1(6)7/h8-9,13-14,17-18,23H,6-7,10-12,15-16H2,1-5H3,(H,35,36)(H,39,40);(H,6,7). The molecule has 3 aromatic rings. The molecule has 1 aliphatic heterocycles. The van der Waals surface area contributed by atoms with Crippen LogP contribution in [0.25, 0.3) is 0 Å². The summed E-state index contributed by atoms with van der Waals surface area (Å²) in [5.41, 5.74) is 3.57. The second-order valence-corrected chi connectivity index (χ2v) is 12.7. The minimum absolute atomic E-state index is 0.117. The summed E-state index contributed by atoms with van der Waals surface area (Å²) < 4.78 is 39.4. The molecule has 0 saturated heterocycles. The first-order valence-electron chi connectivity index (χ1n) is 15.2. The number of halogens is 3. The quantitative estimate of drug-likeness (QED) is 0.225. The molecule has 3 N–H and O–H groups in total. The number of rotatable bonds is 11. The van der Waals surface area contributed by atoms with Crippen LogP contribution in [0.15, 0.2) is 36.4 Å². The first kappa shape index (κ1) is 37.3. The number of hydrogen-bond donors (Lipinski definition) is 3. The van der Waals surface area contributed by atoms with Crippen LogP contribution in [0.1, 0.15) is 80.1 Å².